The van der Waals surface area contributed by atoms with Gasteiger partial charge >= 0.3 is 6.09 Å². The fourth-order valence-electron chi connectivity index (χ4n) is 4.97. The second-order valence-electron chi connectivity index (χ2n) is 11.1. The molecule has 9 heteroatoms. The lowest BCUT2D eigenvalue weighted by Crippen LogP contribution is -2.65. The van der Waals surface area contributed by atoms with Gasteiger partial charge in [-0.3, -0.25) is 19.7 Å². The van der Waals surface area contributed by atoms with E-state index < -0.39 is 11.7 Å². The molecule has 35 heavy (non-hydrogen) atoms. The number of alkyl carbamates (subject to hydrolysis) is 1. The lowest BCUT2D eigenvalue weighted by atomic mass is 9.94. The molecule has 2 aliphatic rings. The number of nitrogens with one attached hydrogen (secondary N) is 2. The maximum absolute atomic E-state index is 13.1. The monoisotopic (exact) mass is 482 g/mol. The minimum Gasteiger partial charge on any atom is -0.444 e. The molecule has 0 aliphatic carbocycles. The highest BCUT2D eigenvalue weighted by atomic mass is 16.6. The third-order valence-corrected chi connectivity index (χ3v) is 6.71. The largest absolute Gasteiger partial charge is 0.444 e. The second-order valence-corrected chi connectivity index (χ2v) is 11.1. The SMILES string of the molecule is Cc1ccc(N2CC(C)CC(NC(=O)C(C)N3CC(NC(=O)OC(C)(C)C)C3)C2)c2nccnc12. The number of rotatable bonds is 5. The van der Waals surface area contributed by atoms with Gasteiger partial charge in [-0.25, -0.2) is 4.79 Å². The second kappa shape index (κ2) is 9.97. The number of carbonyl (C=O) groups excluding carboxylic acids is 2. The van der Waals surface area contributed by atoms with Gasteiger partial charge in [0.2, 0.25) is 5.91 Å². The van der Waals surface area contributed by atoms with Gasteiger partial charge < -0.3 is 20.3 Å². The Bertz CT molecular complexity index is 1080. The first kappa shape index (κ1) is 25.2. The Hall–Kier alpha value is -2.94. The van der Waals surface area contributed by atoms with Crippen LogP contribution < -0.4 is 15.5 Å². The normalized spacial score (nSPS) is 22.4. The van der Waals surface area contributed by atoms with Crippen LogP contribution in [0.1, 0.15) is 46.6 Å². The number of fused-ring (bicyclic) bond motifs is 1. The number of benzene rings is 1. The van der Waals surface area contributed by atoms with Crippen LogP contribution in [-0.4, -0.2) is 76.8 Å². The summed E-state index contributed by atoms with van der Waals surface area (Å²) < 4.78 is 5.32. The molecule has 2 N–H and O–H groups in total. The first-order valence-electron chi connectivity index (χ1n) is 12.5. The number of nitrogens with zero attached hydrogens (tertiary/aromatic N) is 4. The third-order valence-electron chi connectivity index (χ3n) is 6.71. The molecule has 3 unspecified atom stereocenters. The van der Waals surface area contributed by atoms with E-state index in [1.807, 2.05) is 34.6 Å². The van der Waals surface area contributed by atoms with Crippen molar-refractivity contribution in [1.29, 1.82) is 0 Å². The number of anilines is 1. The molecule has 0 saturated carbocycles. The Morgan fingerprint density at radius 1 is 1.03 bits per heavy atom. The van der Waals surface area contributed by atoms with E-state index in [4.69, 9.17) is 4.74 Å². The highest BCUT2D eigenvalue weighted by Gasteiger charge is 2.36. The molecule has 0 bridgehead atoms. The molecule has 2 aromatic rings. The number of hydrogen-bond acceptors (Lipinski definition) is 7. The van der Waals surface area contributed by atoms with Gasteiger partial charge in [0.05, 0.1) is 23.3 Å². The summed E-state index contributed by atoms with van der Waals surface area (Å²) >= 11 is 0. The molecule has 2 amide bonds. The van der Waals surface area contributed by atoms with Crippen LogP contribution in [0, 0.1) is 12.8 Å². The van der Waals surface area contributed by atoms with Gasteiger partial charge in [0, 0.05) is 44.6 Å². The molecular formula is C26H38N6O3. The summed E-state index contributed by atoms with van der Waals surface area (Å²) in [6.07, 6.45) is 3.99. The molecule has 9 nitrogen and oxygen atoms in total. The van der Waals surface area contributed by atoms with Gasteiger partial charge in [-0.2, -0.15) is 0 Å². The number of hydrogen-bond donors (Lipinski definition) is 2. The predicted molar refractivity (Wildman–Crippen MR) is 136 cm³/mol. The van der Waals surface area contributed by atoms with Crippen LogP contribution in [0.25, 0.3) is 11.0 Å². The van der Waals surface area contributed by atoms with E-state index in [9.17, 15) is 9.59 Å². The molecule has 2 saturated heterocycles. The molecule has 3 atom stereocenters. The number of ether oxygens (including phenoxy) is 1. The van der Waals surface area contributed by atoms with Crippen molar-refractivity contribution >= 4 is 28.7 Å². The van der Waals surface area contributed by atoms with E-state index in [0.29, 0.717) is 19.0 Å². The third kappa shape index (κ3) is 6.01. The molecule has 2 aliphatic heterocycles. The molecule has 1 aromatic heterocycles. The van der Waals surface area contributed by atoms with Crippen molar-refractivity contribution in [2.24, 2.45) is 5.92 Å². The number of likely N-dealkylation sites (tertiary alicyclic amines) is 1. The van der Waals surface area contributed by atoms with Gasteiger partial charge in [-0.15, -0.1) is 0 Å². The number of aryl methyl sites for hydroxylation is 1. The quantitative estimate of drug-likeness (QED) is 0.676. The zero-order valence-electron chi connectivity index (χ0n) is 21.7. The first-order valence-corrected chi connectivity index (χ1v) is 12.5. The van der Waals surface area contributed by atoms with E-state index in [1.54, 1.807) is 12.4 Å². The molecule has 4 rings (SSSR count). The molecule has 1 aromatic carbocycles. The van der Waals surface area contributed by atoms with Gasteiger partial charge in [0.15, 0.2) is 0 Å². The summed E-state index contributed by atoms with van der Waals surface area (Å²) in [5.41, 5.74) is 3.48. The number of aromatic nitrogens is 2. The van der Waals surface area contributed by atoms with Crippen LogP contribution in [0.4, 0.5) is 10.5 Å². The van der Waals surface area contributed by atoms with Crippen molar-refractivity contribution in [2.75, 3.05) is 31.1 Å². The van der Waals surface area contributed by atoms with Crippen LogP contribution in [0.15, 0.2) is 24.5 Å². The lowest BCUT2D eigenvalue weighted by Gasteiger charge is -2.43. The molecule has 2 fully saturated rings. The van der Waals surface area contributed by atoms with E-state index in [-0.39, 0.29) is 24.0 Å². The van der Waals surface area contributed by atoms with E-state index in [1.165, 1.54) is 0 Å². The fourth-order valence-corrected chi connectivity index (χ4v) is 4.97. The summed E-state index contributed by atoms with van der Waals surface area (Å²) in [5.74, 6) is 0.456. The summed E-state index contributed by atoms with van der Waals surface area (Å²) in [6, 6.07) is 4.00. The zero-order valence-corrected chi connectivity index (χ0v) is 21.7. The fraction of sp³-hybridized carbons (Fsp3) is 0.615. The topological polar surface area (TPSA) is 99.7 Å². The molecule has 0 radical (unpaired) electrons. The Kier molecular flexibility index (Phi) is 7.17. The van der Waals surface area contributed by atoms with Crippen LogP contribution >= 0.6 is 0 Å². The van der Waals surface area contributed by atoms with E-state index in [0.717, 1.165) is 41.8 Å². The number of amides is 2. The standard InChI is InChI=1S/C26H38N6O3/c1-16-11-19(13-32(12-16)21-8-7-17(2)22-23(21)28-10-9-27-22)29-24(33)18(3)31-14-20(15-31)30-25(34)35-26(4,5)6/h7-10,16,18-20H,11-15H2,1-6H3,(H,29,33)(H,30,34). The van der Waals surface area contributed by atoms with Crippen LogP contribution in [0.3, 0.4) is 0 Å². The average Bonchev–Trinajstić information content (AvgIpc) is 2.74. The van der Waals surface area contributed by atoms with Gasteiger partial charge in [-0.1, -0.05) is 13.0 Å². The summed E-state index contributed by atoms with van der Waals surface area (Å²) in [4.78, 5) is 38.6. The van der Waals surface area contributed by atoms with Crippen LogP contribution in [0.2, 0.25) is 0 Å². The van der Waals surface area contributed by atoms with Crippen molar-refractivity contribution < 1.29 is 14.3 Å². The highest BCUT2D eigenvalue weighted by molar-refractivity contribution is 5.90. The molecule has 0 spiro atoms. The van der Waals surface area contributed by atoms with Gasteiger partial charge in [0.25, 0.3) is 0 Å². The summed E-state index contributed by atoms with van der Waals surface area (Å²) in [6.45, 7) is 14.6. The summed E-state index contributed by atoms with van der Waals surface area (Å²) in [5, 5.41) is 6.15. The Labute approximate surface area is 207 Å². The molecule has 190 valence electrons. The van der Waals surface area contributed by atoms with Crippen molar-refractivity contribution in [3.63, 3.8) is 0 Å². The van der Waals surface area contributed by atoms with E-state index >= 15 is 0 Å². The zero-order chi connectivity index (χ0) is 25.3. The Morgan fingerprint density at radius 2 is 1.71 bits per heavy atom. The minimum atomic E-state index is -0.525. The van der Waals surface area contributed by atoms with Gasteiger partial charge in [-0.05, 0) is 58.6 Å². The van der Waals surface area contributed by atoms with E-state index in [2.05, 4.69) is 49.5 Å². The number of carbonyl (C=O) groups is 2. The molecule has 3 heterocycles. The maximum Gasteiger partial charge on any atom is 0.407 e. The number of piperidine rings is 1. The first-order chi connectivity index (χ1) is 16.5. The smallest absolute Gasteiger partial charge is 0.407 e. The maximum atomic E-state index is 13.1. The van der Waals surface area contributed by atoms with Crippen molar-refractivity contribution in [1.82, 2.24) is 25.5 Å². The Balaban J connectivity index is 1.33. The minimum absolute atomic E-state index is 0.00113. The highest BCUT2D eigenvalue weighted by Crippen LogP contribution is 2.30. The van der Waals surface area contributed by atoms with Crippen LogP contribution in [-0.2, 0) is 9.53 Å². The molecular weight excluding hydrogens is 444 g/mol. The summed E-state index contributed by atoms with van der Waals surface area (Å²) in [7, 11) is 0. The van der Waals surface area contributed by atoms with Crippen LogP contribution in [0.5, 0.6) is 0 Å². The van der Waals surface area contributed by atoms with Crippen molar-refractivity contribution in [3.05, 3.63) is 30.1 Å². The lowest BCUT2D eigenvalue weighted by molar-refractivity contribution is -0.128. The average molecular weight is 483 g/mol. The van der Waals surface area contributed by atoms with Crippen molar-refractivity contribution in [3.8, 4) is 0 Å². The van der Waals surface area contributed by atoms with Crippen molar-refractivity contribution in [2.45, 2.75) is 71.7 Å². The predicted octanol–water partition coefficient (Wildman–Crippen LogP) is 2.87. The Morgan fingerprint density at radius 3 is 2.40 bits per heavy atom. The van der Waals surface area contributed by atoms with Gasteiger partial charge in [0.1, 0.15) is 11.1 Å².